The van der Waals surface area contributed by atoms with Crippen molar-refractivity contribution in [3.05, 3.63) is 28.8 Å². The molecule has 0 aromatic heterocycles. The monoisotopic (exact) mass is 257 g/mol. The minimum atomic E-state index is 0.144. The standard InChI is InChI=1S/C13H20ClNO2/c1-3-11(9-16)15-7-8-17-13-10(2)5-4-6-12(13)14/h4-6,11,15-16H,3,7-9H2,1-2H3/t11-/m0/s1. The van der Waals surface area contributed by atoms with Crippen LogP contribution in [0.15, 0.2) is 18.2 Å². The molecule has 0 amide bonds. The summed E-state index contributed by atoms with van der Waals surface area (Å²) in [6, 6.07) is 5.84. The maximum Gasteiger partial charge on any atom is 0.140 e. The van der Waals surface area contributed by atoms with Gasteiger partial charge in [0.1, 0.15) is 12.4 Å². The quantitative estimate of drug-likeness (QED) is 0.737. The van der Waals surface area contributed by atoms with Crippen molar-refractivity contribution in [1.82, 2.24) is 5.32 Å². The van der Waals surface area contributed by atoms with Gasteiger partial charge < -0.3 is 15.2 Å². The number of nitrogens with one attached hydrogen (secondary N) is 1. The van der Waals surface area contributed by atoms with E-state index in [4.69, 9.17) is 21.4 Å². The molecule has 0 spiro atoms. The fraction of sp³-hybridized carbons (Fsp3) is 0.538. The minimum absolute atomic E-state index is 0.144. The van der Waals surface area contributed by atoms with Crippen molar-refractivity contribution in [3.8, 4) is 5.75 Å². The summed E-state index contributed by atoms with van der Waals surface area (Å²) in [7, 11) is 0. The number of aliphatic hydroxyl groups is 1. The number of benzene rings is 1. The first-order chi connectivity index (χ1) is 8.19. The van der Waals surface area contributed by atoms with Crippen molar-refractivity contribution in [2.24, 2.45) is 0 Å². The molecule has 0 aliphatic carbocycles. The summed E-state index contributed by atoms with van der Waals surface area (Å²) < 4.78 is 5.63. The van der Waals surface area contributed by atoms with Gasteiger partial charge in [-0.25, -0.2) is 0 Å². The number of para-hydroxylation sites is 1. The highest BCUT2D eigenvalue weighted by molar-refractivity contribution is 6.32. The molecule has 0 saturated carbocycles. The number of rotatable bonds is 7. The number of halogens is 1. The molecule has 96 valence electrons. The first-order valence-electron chi connectivity index (χ1n) is 5.91. The maximum atomic E-state index is 9.01. The lowest BCUT2D eigenvalue weighted by atomic mass is 10.2. The van der Waals surface area contributed by atoms with E-state index in [2.05, 4.69) is 5.32 Å². The fourth-order valence-electron chi connectivity index (χ4n) is 1.55. The van der Waals surface area contributed by atoms with Gasteiger partial charge in [0, 0.05) is 12.6 Å². The molecular formula is C13H20ClNO2. The van der Waals surface area contributed by atoms with Crippen LogP contribution in [0.2, 0.25) is 5.02 Å². The Morgan fingerprint density at radius 1 is 1.47 bits per heavy atom. The summed E-state index contributed by atoms with van der Waals surface area (Å²) in [6.45, 7) is 5.40. The van der Waals surface area contributed by atoms with Gasteiger partial charge >= 0.3 is 0 Å². The summed E-state index contributed by atoms with van der Waals surface area (Å²) in [5.41, 5.74) is 1.03. The van der Waals surface area contributed by atoms with Crippen LogP contribution in [0.5, 0.6) is 5.75 Å². The van der Waals surface area contributed by atoms with Crippen LogP contribution in [-0.2, 0) is 0 Å². The molecule has 1 rings (SSSR count). The van der Waals surface area contributed by atoms with Gasteiger partial charge in [-0.15, -0.1) is 0 Å². The predicted octanol–water partition coefficient (Wildman–Crippen LogP) is 2.39. The van der Waals surface area contributed by atoms with Crippen LogP contribution in [-0.4, -0.2) is 30.9 Å². The Morgan fingerprint density at radius 3 is 2.82 bits per heavy atom. The van der Waals surface area contributed by atoms with E-state index in [0.29, 0.717) is 18.2 Å². The van der Waals surface area contributed by atoms with Gasteiger partial charge in [0.05, 0.1) is 11.6 Å². The van der Waals surface area contributed by atoms with Crippen LogP contribution in [0.4, 0.5) is 0 Å². The van der Waals surface area contributed by atoms with Gasteiger partial charge in [0.15, 0.2) is 0 Å². The van der Waals surface area contributed by atoms with Crippen molar-refractivity contribution in [2.75, 3.05) is 19.8 Å². The lowest BCUT2D eigenvalue weighted by Gasteiger charge is -2.15. The zero-order valence-electron chi connectivity index (χ0n) is 10.4. The summed E-state index contributed by atoms with van der Waals surface area (Å²) >= 11 is 6.04. The number of hydrogen-bond donors (Lipinski definition) is 2. The SMILES string of the molecule is CC[C@@H](CO)NCCOc1c(C)cccc1Cl. The van der Waals surface area contributed by atoms with Crippen LogP contribution in [0, 0.1) is 6.92 Å². The van der Waals surface area contributed by atoms with Gasteiger partial charge in [0.2, 0.25) is 0 Å². The molecule has 0 bridgehead atoms. The van der Waals surface area contributed by atoms with E-state index in [1.807, 2.05) is 32.0 Å². The summed E-state index contributed by atoms with van der Waals surface area (Å²) in [5, 5.41) is 12.9. The molecule has 0 saturated heterocycles. The molecule has 4 heteroatoms. The van der Waals surface area contributed by atoms with Gasteiger partial charge in [-0.1, -0.05) is 30.7 Å². The molecule has 0 unspecified atom stereocenters. The molecule has 2 N–H and O–H groups in total. The third kappa shape index (κ3) is 4.54. The third-order valence-corrected chi connectivity index (χ3v) is 2.96. The lowest BCUT2D eigenvalue weighted by Crippen LogP contribution is -2.34. The third-order valence-electron chi connectivity index (χ3n) is 2.66. The second kappa shape index (κ2) is 7.54. The van der Waals surface area contributed by atoms with E-state index in [0.717, 1.165) is 17.7 Å². The largest absolute Gasteiger partial charge is 0.490 e. The van der Waals surface area contributed by atoms with E-state index in [1.165, 1.54) is 0 Å². The molecule has 1 atom stereocenters. The Hall–Kier alpha value is -0.770. The average molecular weight is 258 g/mol. The fourth-order valence-corrected chi connectivity index (χ4v) is 1.83. The Kier molecular flexibility index (Phi) is 6.34. The molecule has 1 aromatic rings. The Balaban J connectivity index is 2.36. The number of aliphatic hydroxyl groups excluding tert-OH is 1. The first-order valence-corrected chi connectivity index (χ1v) is 6.29. The van der Waals surface area contributed by atoms with Crippen LogP contribution >= 0.6 is 11.6 Å². The topological polar surface area (TPSA) is 41.5 Å². The molecule has 0 aliphatic heterocycles. The van der Waals surface area contributed by atoms with Crippen molar-refractivity contribution < 1.29 is 9.84 Å². The summed E-state index contributed by atoms with van der Waals surface area (Å²) in [6.07, 6.45) is 0.904. The molecule has 0 fully saturated rings. The molecule has 0 aliphatic rings. The van der Waals surface area contributed by atoms with Crippen molar-refractivity contribution >= 4 is 11.6 Å². The van der Waals surface area contributed by atoms with Crippen LogP contribution in [0.25, 0.3) is 0 Å². The highest BCUT2D eigenvalue weighted by Gasteiger charge is 2.06. The second-order valence-corrected chi connectivity index (χ2v) is 4.38. The molecule has 0 heterocycles. The molecule has 1 aromatic carbocycles. The molecule has 17 heavy (non-hydrogen) atoms. The van der Waals surface area contributed by atoms with Gasteiger partial charge in [0.25, 0.3) is 0 Å². The Bertz CT molecular complexity index is 320. The highest BCUT2D eigenvalue weighted by atomic mass is 35.5. The first kappa shape index (κ1) is 14.3. The van der Waals surface area contributed by atoms with E-state index in [1.54, 1.807) is 0 Å². The Morgan fingerprint density at radius 2 is 2.24 bits per heavy atom. The zero-order valence-corrected chi connectivity index (χ0v) is 11.1. The summed E-state index contributed by atoms with van der Waals surface area (Å²) in [5.74, 6) is 0.744. The van der Waals surface area contributed by atoms with E-state index in [9.17, 15) is 0 Å². The van der Waals surface area contributed by atoms with Gasteiger partial charge in [-0.05, 0) is 25.0 Å². The maximum absolute atomic E-state index is 9.01. The van der Waals surface area contributed by atoms with E-state index >= 15 is 0 Å². The van der Waals surface area contributed by atoms with Gasteiger partial charge in [-0.2, -0.15) is 0 Å². The average Bonchev–Trinajstić information content (AvgIpc) is 2.32. The van der Waals surface area contributed by atoms with E-state index < -0.39 is 0 Å². The molecular weight excluding hydrogens is 238 g/mol. The van der Waals surface area contributed by atoms with E-state index in [-0.39, 0.29) is 12.6 Å². The van der Waals surface area contributed by atoms with Gasteiger partial charge in [-0.3, -0.25) is 0 Å². The second-order valence-electron chi connectivity index (χ2n) is 3.98. The number of aryl methyl sites for hydroxylation is 1. The highest BCUT2D eigenvalue weighted by Crippen LogP contribution is 2.27. The number of hydrogen-bond acceptors (Lipinski definition) is 3. The minimum Gasteiger partial charge on any atom is -0.490 e. The normalized spacial score (nSPS) is 12.5. The molecule has 0 radical (unpaired) electrons. The zero-order chi connectivity index (χ0) is 12.7. The number of ether oxygens (including phenoxy) is 1. The van der Waals surface area contributed by atoms with Crippen LogP contribution < -0.4 is 10.1 Å². The van der Waals surface area contributed by atoms with Crippen LogP contribution in [0.1, 0.15) is 18.9 Å². The smallest absolute Gasteiger partial charge is 0.140 e. The van der Waals surface area contributed by atoms with Crippen molar-refractivity contribution in [1.29, 1.82) is 0 Å². The van der Waals surface area contributed by atoms with Crippen molar-refractivity contribution in [2.45, 2.75) is 26.3 Å². The predicted molar refractivity (Wildman–Crippen MR) is 70.9 cm³/mol. The summed E-state index contributed by atoms with van der Waals surface area (Å²) in [4.78, 5) is 0. The van der Waals surface area contributed by atoms with Crippen molar-refractivity contribution in [3.63, 3.8) is 0 Å². The Labute approximate surface area is 108 Å². The van der Waals surface area contributed by atoms with Crippen LogP contribution in [0.3, 0.4) is 0 Å². The lowest BCUT2D eigenvalue weighted by molar-refractivity contribution is 0.227. The molecule has 3 nitrogen and oxygen atoms in total.